The number of tetrazole rings is 1. The predicted molar refractivity (Wildman–Crippen MR) is 138 cm³/mol. The van der Waals surface area contributed by atoms with Crippen LogP contribution in [0.25, 0.3) is 0 Å². The summed E-state index contributed by atoms with van der Waals surface area (Å²) in [6.07, 6.45) is 0. The van der Waals surface area contributed by atoms with Gasteiger partial charge in [0.05, 0.1) is 25.5 Å². The molecular formula is C27H26N6O4. The van der Waals surface area contributed by atoms with Crippen LogP contribution in [0.15, 0.2) is 84.1 Å². The number of aromatic nitrogens is 4. The van der Waals surface area contributed by atoms with E-state index in [4.69, 9.17) is 14.2 Å². The van der Waals surface area contributed by atoms with Gasteiger partial charge in [-0.3, -0.25) is 4.79 Å². The second kappa shape index (κ2) is 10.4. The minimum Gasteiger partial charge on any atom is -0.495 e. The quantitative estimate of drug-likeness (QED) is 0.372. The Hall–Kier alpha value is -4.86. The average molecular weight is 499 g/mol. The maximum absolute atomic E-state index is 13.6. The number of carbonyl (C=O) groups is 1. The van der Waals surface area contributed by atoms with Gasteiger partial charge in [0.1, 0.15) is 18.4 Å². The second-order valence-electron chi connectivity index (χ2n) is 8.35. The molecule has 188 valence electrons. The summed E-state index contributed by atoms with van der Waals surface area (Å²) in [5.74, 6) is 1.79. The van der Waals surface area contributed by atoms with Gasteiger partial charge in [-0.25, -0.2) is 0 Å². The summed E-state index contributed by atoms with van der Waals surface area (Å²) in [6, 6.07) is 22.0. The molecule has 0 spiro atoms. The zero-order valence-corrected chi connectivity index (χ0v) is 20.6. The summed E-state index contributed by atoms with van der Waals surface area (Å²) in [7, 11) is 3.14. The van der Waals surface area contributed by atoms with Gasteiger partial charge in [0.2, 0.25) is 5.95 Å². The maximum Gasteiger partial charge on any atom is 0.255 e. The number of amides is 1. The molecule has 2 heterocycles. The number of allylic oxidation sites excluding steroid dienone is 1. The van der Waals surface area contributed by atoms with E-state index in [2.05, 4.69) is 26.2 Å². The van der Waals surface area contributed by atoms with Gasteiger partial charge in [-0.15, -0.1) is 0 Å². The Balaban J connectivity index is 1.49. The molecule has 0 radical (unpaired) electrons. The number of para-hydroxylation sites is 2. The lowest BCUT2D eigenvalue weighted by molar-refractivity contribution is -0.113. The molecule has 5 rings (SSSR count). The molecule has 0 saturated carbocycles. The molecule has 0 aliphatic carbocycles. The van der Waals surface area contributed by atoms with E-state index in [0.29, 0.717) is 46.8 Å². The Bertz CT molecular complexity index is 1450. The van der Waals surface area contributed by atoms with E-state index in [9.17, 15) is 4.79 Å². The third-order valence-electron chi connectivity index (χ3n) is 6.05. The number of methoxy groups -OCH3 is 2. The Morgan fingerprint density at radius 2 is 1.73 bits per heavy atom. The zero-order valence-electron chi connectivity index (χ0n) is 20.6. The van der Waals surface area contributed by atoms with Crippen LogP contribution in [-0.4, -0.2) is 40.3 Å². The highest BCUT2D eigenvalue weighted by Crippen LogP contribution is 2.39. The fraction of sp³-hybridized carbons (Fsp3) is 0.185. The highest BCUT2D eigenvalue weighted by Gasteiger charge is 2.35. The van der Waals surface area contributed by atoms with Crippen LogP contribution in [0, 0.1) is 0 Å². The van der Waals surface area contributed by atoms with Crippen molar-refractivity contribution in [3.8, 4) is 17.2 Å². The van der Waals surface area contributed by atoms with Gasteiger partial charge in [0.15, 0.2) is 11.5 Å². The van der Waals surface area contributed by atoms with E-state index >= 15 is 0 Å². The van der Waals surface area contributed by atoms with E-state index in [1.54, 1.807) is 31.0 Å². The van der Waals surface area contributed by atoms with Crippen molar-refractivity contribution in [3.63, 3.8) is 0 Å². The Morgan fingerprint density at radius 1 is 0.973 bits per heavy atom. The first-order valence-corrected chi connectivity index (χ1v) is 11.6. The van der Waals surface area contributed by atoms with E-state index in [0.717, 1.165) is 11.1 Å². The number of anilines is 2. The van der Waals surface area contributed by atoms with Crippen molar-refractivity contribution in [1.29, 1.82) is 0 Å². The summed E-state index contributed by atoms with van der Waals surface area (Å²) in [5.41, 5.74) is 3.43. The summed E-state index contributed by atoms with van der Waals surface area (Å²) in [5, 5.41) is 18.1. The first kappa shape index (κ1) is 23.9. The van der Waals surface area contributed by atoms with Crippen LogP contribution in [0.1, 0.15) is 24.1 Å². The van der Waals surface area contributed by atoms with Crippen molar-refractivity contribution in [2.45, 2.75) is 19.6 Å². The van der Waals surface area contributed by atoms with Crippen LogP contribution in [0.5, 0.6) is 17.2 Å². The van der Waals surface area contributed by atoms with Crippen LogP contribution in [0.2, 0.25) is 0 Å². The molecular weight excluding hydrogens is 472 g/mol. The number of rotatable bonds is 8. The van der Waals surface area contributed by atoms with Crippen molar-refractivity contribution in [2.24, 2.45) is 0 Å². The van der Waals surface area contributed by atoms with Crippen LogP contribution < -0.4 is 24.8 Å². The fourth-order valence-electron chi connectivity index (χ4n) is 4.26. The number of hydrogen-bond acceptors (Lipinski definition) is 8. The number of benzene rings is 3. The molecule has 4 aromatic rings. The van der Waals surface area contributed by atoms with Crippen molar-refractivity contribution in [2.75, 3.05) is 24.9 Å². The Kier molecular flexibility index (Phi) is 6.71. The molecule has 0 saturated heterocycles. The topological polar surface area (TPSA) is 112 Å². The molecule has 37 heavy (non-hydrogen) atoms. The fourth-order valence-corrected chi connectivity index (χ4v) is 4.26. The molecule has 1 amide bonds. The Morgan fingerprint density at radius 3 is 2.51 bits per heavy atom. The van der Waals surface area contributed by atoms with Gasteiger partial charge < -0.3 is 24.8 Å². The third-order valence-corrected chi connectivity index (χ3v) is 6.05. The minimum atomic E-state index is -0.613. The van der Waals surface area contributed by atoms with Gasteiger partial charge in [-0.2, -0.15) is 4.68 Å². The van der Waals surface area contributed by atoms with Crippen LogP contribution >= 0.6 is 0 Å². The SMILES string of the molecule is COc1ccccc1NC(=O)C1=C(C)Nc2nnnn2[C@H]1c1ccc(OCc2ccccc2)c(OC)c1. The van der Waals surface area contributed by atoms with Crippen molar-refractivity contribution in [1.82, 2.24) is 20.2 Å². The number of carbonyl (C=O) groups excluding carboxylic acids is 1. The van der Waals surface area contributed by atoms with E-state index < -0.39 is 6.04 Å². The molecule has 1 aliphatic rings. The highest BCUT2D eigenvalue weighted by atomic mass is 16.5. The molecule has 1 atom stereocenters. The van der Waals surface area contributed by atoms with Crippen LogP contribution in [-0.2, 0) is 11.4 Å². The number of fused-ring (bicyclic) bond motifs is 1. The standard InChI is InChI=1S/C27H26N6O4/c1-17-24(26(34)29-20-11-7-8-12-21(20)35-2)25(33-27(28-17)30-31-32-33)19-13-14-22(23(15-19)36-3)37-16-18-9-5-4-6-10-18/h4-15,25H,16H2,1-3H3,(H,29,34)(H,28,30,32)/t25-/m0/s1. The number of nitrogens with one attached hydrogen (secondary N) is 2. The summed E-state index contributed by atoms with van der Waals surface area (Å²) in [4.78, 5) is 13.6. The predicted octanol–water partition coefficient (Wildman–Crippen LogP) is 4.20. The van der Waals surface area contributed by atoms with Crippen molar-refractivity contribution >= 4 is 17.5 Å². The van der Waals surface area contributed by atoms with E-state index in [1.807, 2.05) is 67.6 Å². The van der Waals surface area contributed by atoms with Crippen molar-refractivity contribution < 1.29 is 19.0 Å². The zero-order chi connectivity index (χ0) is 25.8. The van der Waals surface area contributed by atoms with E-state index in [-0.39, 0.29) is 5.91 Å². The number of ether oxygens (including phenoxy) is 3. The number of hydrogen-bond donors (Lipinski definition) is 2. The van der Waals surface area contributed by atoms with Gasteiger partial charge in [0, 0.05) is 5.70 Å². The van der Waals surface area contributed by atoms with Gasteiger partial charge >= 0.3 is 0 Å². The molecule has 3 aromatic carbocycles. The molecule has 0 fully saturated rings. The smallest absolute Gasteiger partial charge is 0.255 e. The van der Waals surface area contributed by atoms with E-state index in [1.165, 1.54) is 0 Å². The molecule has 0 unspecified atom stereocenters. The first-order chi connectivity index (χ1) is 18.1. The summed E-state index contributed by atoms with van der Waals surface area (Å²) in [6.45, 7) is 2.21. The Labute approximate surface area is 213 Å². The molecule has 10 heteroatoms. The summed E-state index contributed by atoms with van der Waals surface area (Å²) < 4.78 is 18.6. The lowest BCUT2D eigenvalue weighted by Gasteiger charge is -2.28. The van der Waals surface area contributed by atoms with Crippen LogP contribution in [0.4, 0.5) is 11.6 Å². The monoisotopic (exact) mass is 498 g/mol. The largest absolute Gasteiger partial charge is 0.495 e. The van der Waals surface area contributed by atoms with Crippen LogP contribution in [0.3, 0.4) is 0 Å². The highest BCUT2D eigenvalue weighted by molar-refractivity contribution is 6.06. The molecule has 10 nitrogen and oxygen atoms in total. The average Bonchev–Trinajstić information content (AvgIpc) is 3.40. The van der Waals surface area contributed by atoms with Gasteiger partial charge in [-0.1, -0.05) is 53.6 Å². The van der Waals surface area contributed by atoms with Gasteiger partial charge in [0.25, 0.3) is 5.91 Å². The second-order valence-corrected chi connectivity index (χ2v) is 8.35. The third kappa shape index (κ3) is 4.81. The number of nitrogens with zero attached hydrogens (tertiary/aromatic N) is 4. The van der Waals surface area contributed by atoms with Gasteiger partial charge in [-0.05, 0) is 52.7 Å². The normalized spacial score (nSPS) is 14.4. The molecule has 0 bridgehead atoms. The maximum atomic E-state index is 13.6. The minimum absolute atomic E-state index is 0.316. The van der Waals surface area contributed by atoms with Crippen molar-refractivity contribution in [3.05, 3.63) is 95.2 Å². The molecule has 1 aliphatic heterocycles. The lowest BCUT2D eigenvalue weighted by atomic mass is 9.94. The molecule has 2 N–H and O–H groups in total. The summed E-state index contributed by atoms with van der Waals surface area (Å²) >= 11 is 0. The first-order valence-electron chi connectivity index (χ1n) is 11.6. The molecule has 1 aromatic heterocycles. The lowest BCUT2D eigenvalue weighted by Crippen LogP contribution is -2.31.